The molecule has 1 saturated heterocycles. The van der Waals surface area contributed by atoms with E-state index in [9.17, 15) is 5.11 Å². The minimum Gasteiger partial charge on any atom is -0.393 e. The Morgan fingerprint density at radius 2 is 1.75 bits per heavy atom. The summed E-state index contributed by atoms with van der Waals surface area (Å²) in [6, 6.07) is 10.4. The summed E-state index contributed by atoms with van der Waals surface area (Å²) in [6.45, 7) is 9.74. The summed E-state index contributed by atoms with van der Waals surface area (Å²) < 4.78 is 0. The second-order valence-electron chi connectivity index (χ2n) is 6.35. The molecule has 20 heavy (non-hydrogen) atoms. The minimum absolute atomic E-state index is 0.162. The minimum atomic E-state index is -0.336. The standard InChI is InChI=1S/C17H28N2O/c1-15(20)17(2,16-7-5-4-6-8-16)9-10-19-13-11-18(3)12-14-19/h4-8,15,20H,9-14H2,1-3H3. The molecule has 1 aromatic carbocycles. The first-order chi connectivity index (χ1) is 9.52. The Morgan fingerprint density at radius 1 is 1.15 bits per heavy atom. The monoisotopic (exact) mass is 276 g/mol. The summed E-state index contributed by atoms with van der Waals surface area (Å²) in [7, 11) is 2.18. The average Bonchev–Trinajstić information content (AvgIpc) is 2.47. The van der Waals surface area contributed by atoms with Gasteiger partial charge < -0.3 is 14.9 Å². The van der Waals surface area contributed by atoms with Crippen LogP contribution in [0.1, 0.15) is 25.8 Å². The smallest absolute Gasteiger partial charge is 0.0606 e. The van der Waals surface area contributed by atoms with Gasteiger partial charge in [-0.25, -0.2) is 0 Å². The zero-order chi connectivity index (χ0) is 14.6. The second kappa shape index (κ2) is 6.70. The van der Waals surface area contributed by atoms with E-state index < -0.39 is 0 Å². The molecule has 1 aliphatic heterocycles. The number of nitrogens with zero attached hydrogens (tertiary/aromatic N) is 2. The topological polar surface area (TPSA) is 26.7 Å². The lowest BCUT2D eigenvalue weighted by molar-refractivity contribution is 0.0815. The van der Waals surface area contributed by atoms with Gasteiger partial charge in [0.2, 0.25) is 0 Å². The van der Waals surface area contributed by atoms with Gasteiger partial charge in [-0.3, -0.25) is 0 Å². The molecule has 2 rings (SSSR count). The Hall–Kier alpha value is -0.900. The Labute approximate surface area is 123 Å². The molecule has 0 saturated carbocycles. The normalized spacial score (nSPS) is 22.4. The van der Waals surface area contributed by atoms with Crippen molar-refractivity contribution in [2.45, 2.75) is 31.8 Å². The van der Waals surface area contributed by atoms with E-state index in [4.69, 9.17) is 0 Å². The molecule has 112 valence electrons. The van der Waals surface area contributed by atoms with Crippen molar-refractivity contribution in [1.82, 2.24) is 9.80 Å². The predicted molar refractivity (Wildman–Crippen MR) is 84.0 cm³/mol. The van der Waals surface area contributed by atoms with Crippen LogP contribution < -0.4 is 0 Å². The van der Waals surface area contributed by atoms with Crippen LogP contribution in [-0.2, 0) is 5.41 Å². The zero-order valence-corrected chi connectivity index (χ0v) is 13.0. The van der Waals surface area contributed by atoms with Crippen LogP contribution in [0.25, 0.3) is 0 Å². The molecule has 0 amide bonds. The van der Waals surface area contributed by atoms with E-state index in [-0.39, 0.29) is 11.5 Å². The molecule has 0 aliphatic carbocycles. The van der Waals surface area contributed by atoms with Gasteiger partial charge in [-0.1, -0.05) is 37.3 Å². The molecule has 2 atom stereocenters. The van der Waals surface area contributed by atoms with Gasteiger partial charge in [-0.15, -0.1) is 0 Å². The molecule has 3 heteroatoms. The summed E-state index contributed by atoms with van der Waals surface area (Å²) in [5.74, 6) is 0. The van der Waals surface area contributed by atoms with Gasteiger partial charge >= 0.3 is 0 Å². The maximum Gasteiger partial charge on any atom is 0.0606 e. The highest BCUT2D eigenvalue weighted by molar-refractivity contribution is 5.25. The largest absolute Gasteiger partial charge is 0.393 e. The molecule has 1 N–H and O–H groups in total. The van der Waals surface area contributed by atoms with E-state index in [0.717, 1.165) is 39.1 Å². The van der Waals surface area contributed by atoms with Crippen LogP contribution in [0.15, 0.2) is 30.3 Å². The first-order valence-corrected chi connectivity index (χ1v) is 7.67. The molecular formula is C17H28N2O. The molecule has 0 aromatic heterocycles. The number of hydrogen-bond acceptors (Lipinski definition) is 3. The lowest BCUT2D eigenvalue weighted by Gasteiger charge is -2.38. The third kappa shape index (κ3) is 3.60. The molecular weight excluding hydrogens is 248 g/mol. The summed E-state index contributed by atoms with van der Waals surface area (Å²) in [5, 5.41) is 10.3. The van der Waals surface area contributed by atoms with Crippen LogP contribution in [0.3, 0.4) is 0 Å². The van der Waals surface area contributed by atoms with Crippen molar-refractivity contribution in [3.63, 3.8) is 0 Å². The Balaban J connectivity index is 1.99. The fourth-order valence-corrected chi connectivity index (χ4v) is 2.88. The Kier molecular flexibility index (Phi) is 5.19. The van der Waals surface area contributed by atoms with Gasteiger partial charge in [0, 0.05) is 31.6 Å². The van der Waals surface area contributed by atoms with Crippen LogP contribution >= 0.6 is 0 Å². The van der Waals surface area contributed by atoms with E-state index in [1.54, 1.807) is 0 Å². The Morgan fingerprint density at radius 3 is 2.30 bits per heavy atom. The van der Waals surface area contributed by atoms with Gasteiger partial charge in [0.15, 0.2) is 0 Å². The van der Waals surface area contributed by atoms with Crippen LogP contribution in [0.4, 0.5) is 0 Å². The second-order valence-corrected chi connectivity index (χ2v) is 6.35. The highest BCUT2D eigenvalue weighted by Gasteiger charge is 2.32. The van der Waals surface area contributed by atoms with Gasteiger partial charge in [0.05, 0.1) is 6.10 Å². The van der Waals surface area contributed by atoms with Crippen LogP contribution in [0.2, 0.25) is 0 Å². The molecule has 1 fully saturated rings. The summed E-state index contributed by atoms with van der Waals surface area (Å²) in [5.41, 5.74) is 1.08. The van der Waals surface area contributed by atoms with Crippen molar-refractivity contribution < 1.29 is 5.11 Å². The summed E-state index contributed by atoms with van der Waals surface area (Å²) in [6.07, 6.45) is 0.663. The highest BCUT2D eigenvalue weighted by atomic mass is 16.3. The number of aliphatic hydroxyl groups is 1. The van der Waals surface area contributed by atoms with E-state index in [2.05, 4.69) is 48.0 Å². The number of aliphatic hydroxyl groups excluding tert-OH is 1. The molecule has 1 aliphatic rings. The first kappa shape index (κ1) is 15.5. The molecule has 0 bridgehead atoms. The van der Waals surface area contributed by atoms with Gasteiger partial charge in [0.25, 0.3) is 0 Å². The number of likely N-dealkylation sites (N-methyl/N-ethyl adjacent to an activating group) is 1. The molecule has 0 spiro atoms. The average molecular weight is 276 g/mol. The van der Waals surface area contributed by atoms with Crippen molar-refractivity contribution in [2.24, 2.45) is 0 Å². The van der Waals surface area contributed by atoms with E-state index in [0.29, 0.717) is 0 Å². The zero-order valence-electron chi connectivity index (χ0n) is 13.0. The summed E-state index contributed by atoms with van der Waals surface area (Å²) in [4.78, 5) is 4.89. The molecule has 3 nitrogen and oxygen atoms in total. The third-order valence-corrected chi connectivity index (χ3v) is 4.90. The van der Waals surface area contributed by atoms with Gasteiger partial charge in [-0.2, -0.15) is 0 Å². The molecule has 2 unspecified atom stereocenters. The SMILES string of the molecule is CC(O)C(C)(CCN1CCN(C)CC1)c1ccccc1. The molecule has 1 heterocycles. The lowest BCUT2D eigenvalue weighted by atomic mass is 9.75. The van der Waals surface area contributed by atoms with Crippen molar-refractivity contribution in [2.75, 3.05) is 39.8 Å². The highest BCUT2D eigenvalue weighted by Crippen LogP contribution is 2.31. The third-order valence-electron chi connectivity index (χ3n) is 4.90. The van der Waals surface area contributed by atoms with Crippen LogP contribution in [0.5, 0.6) is 0 Å². The maximum atomic E-state index is 10.3. The number of rotatable bonds is 5. The van der Waals surface area contributed by atoms with Crippen molar-refractivity contribution in [1.29, 1.82) is 0 Å². The van der Waals surface area contributed by atoms with Crippen LogP contribution in [-0.4, -0.2) is 60.8 Å². The number of piperazine rings is 1. The lowest BCUT2D eigenvalue weighted by Crippen LogP contribution is -2.46. The molecule has 1 aromatic rings. The van der Waals surface area contributed by atoms with Crippen molar-refractivity contribution >= 4 is 0 Å². The van der Waals surface area contributed by atoms with Crippen molar-refractivity contribution in [3.8, 4) is 0 Å². The molecule has 0 radical (unpaired) electrons. The van der Waals surface area contributed by atoms with Crippen LogP contribution in [0, 0.1) is 0 Å². The maximum absolute atomic E-state index is 10.3. The van der Waals surface area contributed by atoms with Crippen molar-refractivity contribution in [3.05, 3.63) is 35.9 Å². The predicted octanol–water partition coefficient (Wildman–Crippen LogP) is 1.96. The number of benzene rings is 1. The summed E-state index contributed by atoms with van der Waals surface area (Å²) >= 11 is 0. The fraction of sp³-hybridized carbons (Fsp3) is 0.647. The quantitative estimate of drug-likeness (QED) is 0.890. The van der Waals surface area contributed by atoms with E-state index in [1.807, 2.05) is 13.0 Å². The van der Waals surface area contributed by atoms with Gasteiger partial charge in [-0.05, 0) is 32.5 Å². The Bertz CT molecular complexity index is 399. The fourth-order valence-electron chi connectivity index (χ4n) is 2.88. The number of hydrogen-bond donors (Lipinski definition) is 1. The first-order valence-electron chi connectivity index (χ1n) is 7.67. The van der Waals surface area contributed by atoms with Gasteiger partial charge in [0.1, 0.15) is 0 Å². The van der Waals surface area contributed by atoms with E-state index in [1.165, 1.54) is 5.56 Å². The van der Waals surface area contributed by atoms with E-state index >= 15 is 0 Å².